The molecule has 6 heteroatoms. The van der Waals surface area contributed by atoms with E-state index >= 15 is 0 Å². The number of hydrogen-bond donors (Lipinski definition) is 2. The number of primary amides is 1. The van der Waals surface area contributed by atoms with Gasteiger partial charge in [0.05, 0.1) is 0 Å². The number of carbonyl (C=O) groups is 2. The van der Waals surface area contributed by atoms with Gasteiger partial charge in [-0.25, -0.2) is 4.79 Å². The fourth-order valence-electron chi connectivity index (χ4n) is 3.84. The van der Waals surface area contributed by atoms with Gasteiger partial charge in [-0.2, -0.15) is 0 Å². The first-order valence-electron chi connectivity index (χ1n) is 9.21. The van der Waals surface area contributed by atoms with Crippen LogP contribution < -0.4 is 11.1 Å². The Labute approximate surface area is 149 Å². The summed E-state index contributed by atoms with van der Waals surface area (Å²) >= 11 is 0. The molecule has 136 valence electrons. The quantitative estimate of drug-likeness (QED) is 0.880. The van der Waals surface area contributed by atoms with E-state index in [1.54, 1.807) is 18.2 Å². The van der Waals surface area contributed by atoms with Gasteiger partial charge in [0, 0.05) is 30.9 Å². The molecule has 0 radical (unpaired) electrons. The van der Waals surface area contributed by atoms with Crippen LogP contribution in [0, 0.1) is 12.8 Å². The van der Waals surface area contributed by atoms with Gasteiger partial charge < -0.3 is 20.9 Å². The maximum absolute atomic E-state index is 12.5. The molecule has 2 fully saturated rings. The fraction of sp³-hybridized carbons (Fsp3) is 0.579. The van der Waals surface area contributed by atoms with Crippen molar-refractivity contribution in [3.8, 4) is 0 Å². The van der Waals surface area contributed by atoms with Gasteiger partial charge in [0.2, 0.25) is 5.91 Å². The topological polar surface area (TPSA) is 78.7 Å². The number of urea groups is 1. The van der Waals surface area contributed by atoms with Crippen LogP contribution in [0.4, 0.5) is 10.5 Å². The number of likely N-dealkylation sites (tertiary alicyclic amines) is 2. The van der Waals surface area contributed by atoms with Crippen LogP contribution in [-0.2, 0) is 0 Å². The zero-order valence-corrected chi connectivity index (χ0v) is 15.0. The molecule has 0 aromatic heterocycles. The summed E-state index contributed by atoms with van der Waals surface area (Å²) < 4.78 is 0. The lowest BCUT2D eigenvalue weighted by molar-refractivity contribution is 0.0999. The molecule has 6 nitrogen and oxygen atoms in total. The molecule has 3 N–H and O–H groups in total. The summed E-state index contributed by atoms with van der Waals surface area (Å²) in [5, 5.41) is 2.90. The van der Waals surface area contributed by atoms with Crippen molar-refractivity contribution in [2.45, 2.75) is 32.6 Å². The van der Waals surface area contributed by atoms with E-state index < -0.39 is 5.91 Å². The van der Waals surface area contributed by atoms with Gasteiger partial charge in [0.1, 0.15) is 0 Å². The van der Waals surface area contributed by atoms with Crippen molar-refractivity contribution in [3.05, 3.63) is 29.3 Å². The molecule has 0 unspecified atom stereocenters. The van der Waals surface area contributed by atoms with E-state index in [2.05, 4.69) is 10.2 Å². The zero-order valence-electron chi connectivity index (χ0n) is 15.0. The summed E-state index contributed by atoms with van der Waals surface area (Å²) in [6.45, 7) is 6.91. The van der Waals surface area contributed by atoms with Gasteiger partial charge in [-0.1, -0.05) is 12.5 Å². The highest BCUT2D eigenvalue weighted by molar-refractivity contribution is 5.97. The van der Waals surface area contributed by atoms with E-state index in [1.165, 1.54) is 32.4 Å². The van der Waals surface area contributed by atoms with E-state index in [9.17, 15) is 9.59 Å². The van der Waals surface area contributed by atoms with Crippen molar-refractivity contribution in [1.29, 1.82) is 0 Å². The molecular weight excluding hydrogens is 316 g/mol. The monoisotopic (exact) mass is 344 g/mol. The van der Waals surface area contributed by atoms with E-state index in [1.807, 2.05) is 11.8 Å². The Bertz CT molecular complexity index is 640. The molecule has 3 amide bonds. The van der Waals surface area contributed by atoms with Crippen LogP contribution in [0.5, 0.6) is 0 Å². The van der Waals surface area contributed by atoms with Crippen LogP contribution in [0.15, 0.2) is 18.2 Å². The second kappa shape index (κ2) is 7.87. The maximum Gasteiger partial charge on any atom is 0.321 e. The molecule has 1 aromatic carbocycles. The van der Waals surface area contributed by atoms with Crippen LogP contribution in [0.1, 0.15) is 41.6 Å². The predicted molar refractivity (Wildman–Crippen MR) is 98.7 cm³/mol. The number of nitrogens with zero attached hydrogens (tertiary/aromatic N) is 2. The summed E-state index contributed by atoms with van der Waals surface area (Å²) in [6, 6.07) is 5.16. The molecule has 2 aliphatic heterocycles. The molecule has 0 aliphatic carbocycles. The molecule has 2 saturated heterocycles. The van der Waals surface area contributed by atoms with Crippen LogP contribution in [-0.4, -0.2) is 54.5 Å². The van der Waals surface area contributed by atoms with Crippen LogP contribution in [0.3, 0.4) is 0 Å². The third kappa shape index (κ3) is 4.51. The van der Waals surface area contributed by atoms with Crippen molar-refractivity contribution in [2.24, 2.45) is 11.7 Å². The lowest BCUT2D eigenvalue weighted by Gasteiger charge is -2.29. The van der Waals surface area contributed by atoms with E-state index in [4.69, 9.17) is 5.73 Å². The Morgan fingerprint density at radius 3 is 2.68 bits per heavy atom. The molecule has 0 spiro atoms. The number of anilines is 1. The number of nitrogens with two attached hydrogens (primary N) is 1. The van der Waals surface area contributed by atoms with Crippen molar-refractivity contribution in [1.82, 2.24) is 9.80 Å². The first kappa shape index (κ1) is 17.7. The maximum atomic E-state index is 12.5. The summed E-state index contributed by atoms with van der Waals surface area (Å²) in [5.74, 6) is 0.0828. The Hall–Kier alpha value is -2.08. The summed E-state index contributed by atoms with van der Waals surface area (Å²) in [4.78, 5) is 28.4. The first-order valence-corrected chi connectivity index (χ1v) is 9.21. The number of amides is 3. The zero-order chi connectivity index (χ0) is 17.8. The molecule has 1 atom stereocenters. The standard InChI is InChI=1S/C19H28N4O2/c1-14-5-6-16(11-17(14)18(20)24)21-19(25)23-10-7-15(13-23)12-22-8-3-2-4-9-22/h5-6,11,15H,2-4,7-10,12-13H2,1H3,(H2,20,24)(H,21,25)/t15-/m1/s1. The van der Waals surface area contributed by atoms with E-state index in [0.717, 1.165) is 31.6 Å². The fourth-order valence-corrected chi connectivity index (χ4v) is 3.84. The van der Waals surface area contributed by atoms with E-state index in [0.29, 0.717) is 17.2 Å². The Morgan fingerprint density at radius 1 is 1.20 bits per heavy atom. The third-order valence-electron chi connectivity index (χ3n) is 5.29. The average Bonchev–Trinajstić information content (AvgIpc) is 3.06. The number of rotatable bonds is 4. The van der Waals surface area contributed by atoms with Crippen LogP contribution in [0.2, 0.25) is 0 Å². The van der Waals surface area contributed by atoms with Crippen molar-refractivity contribution in [2.75, 3.05) is 38.0 Å². The molecule has 2 aliphatic rings. The minimum absolute atomic E-state index is 0.0968. The van der Waals surface area contributed by atoms with Crippen molar-refractivity contribution < 1.29 is 9.59 Å². The van der Waals surface area contributed by atoms with Gasteiger partial charge in [-0.05, 0) is 62.9 Å². The van der Waals surface area contributed by atoms with Crippen molar-refractivity contribution in [3.63, 3.8) is 0 Å². The highest BCUT2D eigenvalue weighted by Gasteiger charge is 2.28. The molecule has 2 heterocycles. The van der Waals surface area contributed by atoms with Crippen molar-refractivity contribution >= 4 is 17.6 Å². The summed E-state index contributed by atoms with van der Waals surface area (Å²) in [5.41, 5.74) is 7.25. The lowest BCUT2D eigenvalue weighted by atomic mass is 10.1. The van der Waals surface area contributed by atoms with E-state index in [-0.39, 0.29) is 6.03 Å². The number of benzene rings is 1. The highest BCUT2D eigenvalue weighted by atomic mass is 16.2. The van der Waals surface area contributed by atoms with Gasteiger partial charge in [0.25, 0.3) is 0 Å². The minimum Gasteiger partial charge on any atom is -0.366 e. The minimum atomic E-state index is -0.476. The predicted octanol–water partition coefficient (Wildman–Crippen LogP) is 2.43. The SMILES string of the molecule is Cc1ccc(NC(=O)N2CC[C@H](CN3CCCCC3)C2)cc1C(N)=O. The third-order valence-corrected chi connectivity index (χ3v) is 5.29. The van der Waals surface area contributed by atoms with Gasteiger partial charge in [0.15, 0.2) is 0 Å². The number of piperidine rings is 1. The number of hydrogen-bond acceptors (Lipinski definition) is 3. The normalized spacial score (nSPS) is 21.3. The number of aryl methyl sites for hydroxylation is 1. The van der Waals surface area contributed by atoms with Crippen LogP contribution >= 0.6 is 0 Å². The smallest absolute Gasteiger partial charge is 0.321 e. The molecule has 3 rings (SSSR count). The molecule has 25 heavy (non-hydrogen) atoms. The number of carbonyl (C=O) groups excluding carboxylic acids is 2. The highest BCUT2D eigenvalue weighted by Crippen LogP contribution is 2.21. The Balaban J connectivity index is 1.53. The molecular formula is C19H28N4O2. The Morgan fingerprint density at radius 2 is 1.96 bits per heavy atom. The second-order valence-corrected chi connectivity index (χ2v) is 7.29. The largest absolute Gasteiger partial charge is 0.366 e. The summed E-state index contributed by atoms with van der Waals surface area (Å²) in [7, 11) is 0. The van der Waals surface area contributed by atoms with Crippen LogP contribution in [0.25, 0.3) is 0 Å². The molecule has 0 saturated carbocycles. The molecule has 1 aromatic rings. The summed E-state index contributed by atoms with van der Waals surface area (Å²) in [6.07, 6.45) is 5.00. The lowest BCUT2D eigenvalue weighted by Crippen LogP contribution is -2.37. The van der Waals surface area contributed by atoms with Gasteiger partial charge >= 0.3 is 6.03 Å². The first-order chi connectivity index (χ1) is 12.0. The van der Waals surface area contributed by atoms with Gasteiger partial charge in [-0.15, -0.1) is 0 Å². The number of nitrogens with one attached hydrogen (secondary N) is 1. The Kier molecular flexibility index (Phi) is 5.58. The average molecular weight is 344 g/mol. The molecule has 0 bridgehead atoms. The van der Waals surface area contributed by atoms with Gasteiger partial charge in [-0.3, -0.25) is 4.79 Å². The second-order valence-electron chi connectivity index (χ2n) is 7.29.